The number of hydrogen-bond acceptors (Lipinski definition) is 2. The largest absolute Gasteiger partial charge is 0.235 e. The summed E-state index contributed by atoms with van der Waals surface area (Å²) in [5.41, 5.74) is -0.000486. The lowest BCUT2D eigenvalue weighted by atomic mass is 9.78. The van der Waals surface area contributed by atoms with Gasteiger partial charge in [0.1, 0.15) is 0 Å². The fraction of sp³-hybridized carbons (Fsp3) is 0.938. The van der Waals surface area contributed by atoms with E-state index in [-0.39, 0.29) is 5.54 Å². The predicted octanol–water partition coefficient (Wildman–Crippen LogP) is 4.24. The fourth-order valence-corrected chi connectivity index (χ4v) is 5.04. The minimum absolute atomic E-state index is 0.000486. The molecule has 0 aliphatic heterocycles. The minimum Gasteiger partial charge on any atom is -0.211 e. The Labute approximate surface area is 110 Å². The number of carbonyl (C=O) groups excluding carboxylic acids is 1. The Morgan fingerprint density at radius 2 is 1.61 bits per heavy atom. The molecule has 3 saturated carbocycles. The molecule has 2 heteroatoms. The molecule has 0 heterocycles. The van der Waals surface area contributed by atoms with E-state index in [1.54, 1.807) is 0 Å². The van der Waals surface area contributed by atoms with Gasteiger partial charge in [-0.1, -0.05) is 51.4 Å². The van der Waals surface area contributed by atoms with E-state index in [1.165, 1.54) is 70.6 Å². The number of hydrogen-bond donors (Lipinski definition) is 0. The Hall–Kier alpha value is -0.620. The van der Waals surface area contributed by atoms with Crippen molar-refractivity contribution in [2.24, 2.45) is 22.7 Å². The van der Waals surface area contributed by atoms with E-state index in [4.69, 9.17) is 0 Å². The first kappa shape index (κ1) is 12.4. The van der Waals surface area contributed by atoms with Crippen LogP contribution in [0.15, 0.2) is 4.99 Å². The first-order valence-corrected chi connectivity index (χ1v) is 7.90. The minimum atomic E-state index is -0.000486. The van der Waals surface area contributed by atoms with Gasteiger partial charge in [-0.15, -0.1) is 0 Å². The molecule has 0 N–H and O–H groups in total. The highest BCUT2D eigenvalue weighted by Gasteiger charge is 2.47. The van der Waals surface area contributed by atoms with E-state index < -0.39 is 0 Å². The molecule has 0 aromatic carbocycles. The van der Waals surface area contributed by atoms with Crippen LogP contribution in [-0.4, -0.2) is 11.6 Å². The lowest BCUT2D eigenvalue weighted by Gasteiger charge is -2.31. The van der Waals surface area contributed by atoms with Crippen LogP contribution in [-0.2, 0) is 4.79 Å². The van der Waals surface area contributed by atoms with Crippen molar-refractivity contribution in [1.82, 2.24) is 0 Å². The van der Waals surface area contributed by atoms with Crippen LogP contribution in [0.25, 0.3) is 0 Å². The molecule has 0 saturated heterocycles. The quantitative estimate of drug-likeness (QED) is 0.541. The first-order valence-electron chi connectivity index (χ1n) is 7.90. The highest BCUT2D eigenvalue weighted by molar-refractivity contribution is 5.35. The molecule has 2 unspecified atom stereocenters. The Morgan fingerprint density at radius 3 is 2.22 bits per heavy atom. The Morgan fingerprint density at radius 1 is 0.944 bits per heavy atom. The molecule has 0 amide bonds. The molecule has 0 aromatic rings. The van der Waals surface area contributed by atoms with Gasteiger partial charge < -0.3 is 0 Å². The van der Waals surface area contributed by atoms with Gasteiger partial charge >= 0.3 is 0 Å². The van der Waals surface area contributed by atoms with Gasteiger partial charge in [0.15, 0.2) is 0 Å². The first-order chi connectivity index (χ1) is 8.81. The molecule has 3 aliphatic rings. The summed E-state index contributed by atoms with van der Waals surface area (Å²) < 4.78 is 0. The van der Waals surface area contributed by atoms with Gasteiger partial charge in [0, 0.05) is 0 Å². The van der Waals surface area contributed by atoms with E-state index in [0.29, 0.717) is 0 Å². The summed E-state index contributed by atoms with van der Waals surface area (Å²) in [5.74, 6) is 2.56. The second kappa shape index (κ2) is 5.17. The predicted molar refractivity (Wildman–Crippen MR) is 72.1 cm³/mol. The van der Waals surface area contributed by atoms with Crippen molar-refractivity contribution < 1.29 is 4.79 Å². The smallest absolute Gasteiger partial charge is 0.211 e. The van der Waals surface area contributed by atoms with Crippen LogP contribution in [0.2, 0.25) is 0 Å². The van der Waals surface area contributed by atoms with E-state index in [1.807, 2.05) is 6.08 Å². The van der Waals surface area contributed by atoms with E-state index >= 15 is 0 Å². The van der Waals surface area contributed by atoms with Crippen LogP contribution in [0.4, 0.5) is 0 Å². The highest BCUT2D eigenvalue weighted by Crippen LogP contribution is 2.53. The number of fused-ring (bicyclic) bond motifs is 1. The standard InChI is InChI=1S/C16H25NO/c18-12-17-16(9-13-5-2-1-3-6-13)10-14-7-4-8-15(14)11-16/h13-15H,1-11H2. The van der Waals surface area contributed by atoms with Crippen LogP contribution < -0.4 is 0 Å². The van der Waals surface area contributed by atoms with Crippen molar-refractivity contribution >= 4 is 6.08 Å². The molecule has 18 heavy (non-hydrogen) atoms. The van der Waals surface area contributed by atoms with Crippen LogP contribution in [0.3, 0.4) is 0 Å². The van der Waals surface area contributed by atoms with Crippen LogP contribution in [0.1, 0.15) is 70.6 Å². The SMILES string of the molecule is O=C=NC1(CC2CCCCC2)CC2CCCC2C1. The number of isocyanates is 1. The molecular weight excluding hydrogens is 222 g/mol. The van der Waals surface area contributed by atoms with E-state index in [0.717, 1.165) is 17.8 Å². The van der Waals surface area contributed by atoms with E-state index in [2.05, 4.69) is 4.99 Å². The summed E-state index contributed by atoms with van der Waals surface area (Å²) in [6.07, 6.45) is 16.5. The van der Waals surface area contributed by atoms with Crippen molar-refractivity contribution in [3.05, 3.63) is 0 Å². The third-order valence-electron chi connectivity index (χ3n) is 5.78. The zero-order chi connectivity index (χ0) is 12.4. The lowest BCUT2D eigenvalue weighted by molar-refractivity contribution is 0.251. The zero-order valence-corrected chi connectivity index (χ0v) is 11.4. The lowest BCUT2D eigenvalue weighted by Crippen LogP contribution is -2.28. The molecule has 0 bridgehead atoms. The van der Waals surface area contributed by atoms with Gasteiger partial charge in [-0.3, -0.25) is 0 Å². The summed E-state index contributed by atoms with van der Waals surface area (Å²) >= 11 is 0. The number of nitrogens with zero attached hydrogens (tertiary/aromatic N) is 1. The van der Waals surface area contributed by atoms with Crippen molar-refractivity contribution in [3.63, 3.8) is 0 Å². The fourth-order valence-electron chi connectivity index (χ4n) is 5.04. The molecule has 100 valence electrons. The highest BCUT2D eigenvalue weighted by atomic mass is 16.1. The summed E-state index contributed by atoms with van der Waals surface area (Å²) in [5, 5.41) is 0. The maximum atomic E-state index is 10.8. The maximum Gasteiger partial charge on any atom is 0.235 e. The van der Waals surface area contributed by atoms with Crippen molar-refractivity contribution in [2.75, 3.05) is 0 Å². The second-order valence-corrected chi connectivity index (χ2v) is 6.99. The molecule has 3 rings (SSSR count). The molecule has 3 fully saturated rings. The number of aliphatic imine (C=N–C) groups is 1. The summed E-state index contributed by atoms with van der Waals surface area (Å²) in [7, 11) is 0. The third-order valence-corrected chi connectivity index (χ3v) is 5.78. The zero-order valence-electron chi connectivity index (χ0n) is 11.4. The van der Waals surface area contributed by atoms with Gasteiger partial charge in [0.25, 0.3) is 0 Å². The molecule has 0 aromatic heterocycles. The molecule has 2 atom stereocenters. The average molecular weight is 247 g/mol. The van der Waals surface area contributed by atoms with E-state index in [9.17, 15) is 4.79 Å². The Bertz CT molecular complexity index is 327. The van der Waals surface area contributed by atoms with Crippen LogP contribution in [0.5, 0.6) is 0 Å². The van der Waals surface area contributed by atoms with Gasteiger partial charge in [-0.05, 0) is 37.0 Å². The normalized spacial score (nSPS) is 40.4. The van der Waals surface area contributed by atoms with Crippen LogP contribution >= 0.6 is 0 Å². The molecule has 3 aliphatic carbocycles. The molecular formula is C16H25NO. The van der Waals surface area contributed by atoms with Gasteiger partial charge in [0.05, 0.1) is 5.54 Å². The second-order valence-electron chi connectivity index (χ2n) is 6.99. The van der Waals surface area contributed by atoms with Crippen molar-refractivity contribution in [3.8, 4) is 0 Å². The Kier molecular flexibility index (Phi) is 3.56. The van der Waals surface area contributed by atoms with Crippen molar-refractivity contribution in [2.45, 2.75) is 76.2 Å². The van der Waals surface area contributed by atoms with Gasteiger partial charge in [-0.25, -0.2) is 4.79 Å². The third kappa shape index (κ3) is 2.40. The van der Waals surface area contributed by atoms with Gasteiger partial charge in [0.2, 0.25) is 6.08 Å². The summed E-state index contributed by atoms with van der Waals surface area (Å²) in [6.45, 7) is 0. The van der Waals surface area contributed by atoms with Crippen molar-refractivity contribution in [1.29, 1.82) is 0 Å². The molecule has 0 spiro atoms. The van der Waals surface area contributed by atoms with Crippen LogP contribution in [0, 0.1) is 17.8 Å². The number of rotatable bonds is 3. The topological polar surface area (TPSA) is 29.4 Å². The summed E-state index contributed by atoms with van der Waals surface area (Å²) in [6, 6.07) is 0. The molecule has 2 nitrogen and oxygen atoms in total. The monoisotopic (exact) mass is 247 g/mol. The maximum absolute atomic E-state index is 10.8. The Balaban J connectivity index is 1.69. The summed E-state index contributed by atoms with van der Waals surface area (Å²) in [4.78, 5) is 15.2. The molecule has 0 radical (unpaired) electrons. The van der Waals surface area contributed by atoms with Gasteiger partial charge in [-0.2, -0.15) is 4.99 Å². The average Bonchev–Trinajstić information content (AvgIpc) is 2.89.